The molecule has 0 unspecified atom stereocenters. The Morgan fingerprint density at radius 2 is 2.05 bits per heavy atom. The molecule has 1 aromatic carbocycles. The first-order valence-corrected chi connectivity index (χ1v) is 7.52. The smallest absolute Gasteiger partial charge is 0.0931 e. The molecule has 0 radical (unpaired) electrons. The van der Waals surface area contributed by atoms with E-state index in [0.717, 1.165) is 23.8 Å². The van der Waals surface area contributed by atoms with Crippen LogP contribution in [0.4, 0.5) is 0 Å². The number of benzene rings is 1. The van der Waals surface area contributed by atoms with Gasteiger partial charge < -0.3 is 10.3 Å². The van der Waals surface area contributed by atoms with Gasteiger partial charge in [-0.15, -0.1) is 11.3 Å². The molecule has 98 valence electrons. The number of hydrogen-bond acceptors (Lipinski definition) is 2. The van der Waals surface area contributed by atoms with Gasteiger partial charge in [0.1, 0.15) is 0 Å². The highest BCUT2D eigenvalue weighted by Crippen LogP contribution is 2.21. The SMILES string of the molecule is Clc1ccc(CNCCc2c[nH]c3ccccc23)s1. The summed E-state index contributed by atoms with van der Waals surface area (Å²) < 4.78 is 0.855. The highest BCUT2D eigenvalue weighted by atomic mass is 35.5. The van der Waals surface area contributed by atoms with Crippen molar-refractivity contribution in [3.8, 4) is 0 Å². The molecular formula is C15H15ClN2S. The number of para-hydroxylation sites is 1. The summed E-state index contributed by atoms with van der Waals surface area (Å²) >= 11 is 7.54. The average Bonchev–Trinajstić information content (AvgIpc) is 3.02. The molecule has 0 bridgehead atoms. The molecule has 0 aliphatic carbocycles. The van der Waals surface area contributed by atoms with Gasteiger partial charge in [-0.2, -0.15) is 0 Å². The van der Waals surface area contributed by atoms with Crippen LogP contribution in [0.3, 0.4) is 0 Å². The maximum Gasteiger partial charge on any atom is 0.0931 e. The second-order valence-corrected chi connectivity index (χ2v) is 6.29. The summed E-state index contributed by atoms with van der Waals surface area (Å²) in [6.07, 6.45) is 3.14. The fourth-order valence-corrected chi connectivity index (χ4v) is 3.28. The molecule has 2 aromatic heterocycles. The first-order chi connectivity index (χ1) is 9.33. The minimum Gasteiger partial charge on any atom is -0.361 e. The molecule has 0 spiro atoms. The van der Waals surface area contributed by atoms with Crippen molar-refractivity contribution >= 4 is 33.8 Å². The number of nitrogens with one attached hydrogen (secondary N) is 2. The van der Waals surface area contributed by atoms with E-state index in [0.29, 0.717) is 0 Å². The Hall–Kier alpha value is -1.29. The Kier molecular flexibility index (Phi) is 3.87. The predicted molar refractivity (Wildman–Crippen MR) is 83.0 cm³/mol. The molecule has 0 fully saturated rings. The van der Waals surface area contributed by atoms with E-state index >= 15 is 0 Å². The van der Waals surface area contributed by atoms with E-state index in [-0.39, 0.29) is 0 Å². The second-order valence-electron chi connectivity index (χ2n) is 4.49. The van der Waals surface area contributed by atoms with Crippen LogP contribution < -0.4 is 5.32 Å². The minimum absolute atomic E-state index is 0.855. The van der Waals surface area contributed by atoms with Gasteiger partial charge in [0.2, 0.25) is 0 Å². The topological polar surface area (TPSA) is 27.8 Å². The standard InChI is InChI=1S/C15H15ClN2S/c16-15-6-5-12(19-15)10-17-8-7-11-9-18-14-4-2-1-3-13(11)14/h1-6,9,17-18H,7-8,10H2. The monoisotopic (exact) mass is 290 g/mol. The van der Waals surface area contributed by atoms with Crippen molar-refractivity contribution in [1.82, 2.24) is 10.3 Å². The molecular weight excluding hydrogens is 276 g/mol. The summed E-state index contributed by atoms with van der Waals surface area (Å²) in [6, 6.07) is 12.4. The maximum absolute atomic E-state index is 5.91. The number of aromatic nitrogens is 1. The molecule has 19 heavy (non-hydrogen) atoms. The number of rotatable bonds is 5. The number of halogens is 1. The van der Waals surface area contributed by atoms with E-state index in [1.807, 2.05) is 6.07 Å². The summed E-state index contributed by atoms with van der Waals surface area (Å²) in [5, 5.41) is 4.78. The summed E-state index contributed by atoms with van der Waals surface area (Å²) in [5.74, 6) is 0. The zero-order chi connectivity index (χ0) is 13.1. The van der Waals surface area contributed by atoms with Gasteiger partial charge in [0.05, 0.1) is 4.34 Å². The lowest BCUT2D eigenvalue weighted by Gasteiger charge is -2.02. The first-order valence-electron chi connectivity index (χ1n) is 6.33. The van der Waals surface area contributed by atoms with E-state index in [2.05, 4.69) is 46.8 Å². The van der Waals surface area contributed by atoms with Crippen LogP contribution >= 0.6 is 22.9 Å². The van der Waals surface area contributed by atoms with Crippen molar-refractivity contribution in [2.75, 3.05) is 6.54 Å². The van der Waals surface area contributed by atoms with Crippen molar-refractivity contribution in [2.24, 2.45) is 0 Å². The third kappa shape index (κ3) is 3.00. The van der Waals surface area contributed by atoms with Crippen LogP contribution in [-0.2, 0) is 13.0 Å². The largest absolute Gasteiger partial charge is 0.361 e. The minimum atomic E-state index is 0.855. The van der Waals surface area contributed by atoms with Crippen LogP contribution in [0.25, 0.3) is 10.9 Å². The Morgan fingerprint density at radius 3 is 2.89 bits per heavy atom. The number of hydrogen-bond donors (Lipinski definition) is 2. The van der Waals surface area contributed by atoms with Gasteiger partial charge >= 0.3 is 0 Å². The van der Waals surface area contributed by atoms with Crippen LogP contribution in [0.5, 0.6) is 0 Å². The molecule has 0 aliphatic heterocycles. The van der Waals surface area contributed by atoms with Crippen molar-refractivity contribution in [3.05, 3.63) is 57.4 Å². The van der Waals surface area contributed by atoms with Crippen LogP contribution in [0, 0.1) is 0 Å². The maximum atomic E-state index is 5.91. The Balaban J connectivity index is 1.55. The fourth-order valence-electron chi connectivity index (χ4n) is 2.22. The molecule has 2 heterocycles. The van der Waals surface area contributed by atoms with Crippen molar-refractivity contribution in [1.29, 1.82) is 0 Å². The molecule has 0 amide bonds. The summed E-state index contributed by atoms with van der Waals surface area (Å²) in [6.45, 7) is 1.86. The average molecular weight is 291 g/mol. The lowest BCUT2D eigenvalue weighted by Crippen LogP contribution is -2.15. The van der Waals surface area contributed by atoms with Crippen LogP contribution in [-0.4, -0.2) is 11.5 Å². The normalized spacial score (nSPS) is 11.2. The van der Waals surface area contributed by atoms with E-state index in [1.165, 1.54) is 21.3 Å². The van der Waals surface area contributed by atoms with Crippen LogP contribution in [0.15, 0.2) is 42.6 Å². The molecule has 0 saturated heterocycles. The molecule has 2 N–H and O–H groups in total. The van der Waals surface area contributed by atoms with Gasteiger partial charge in [-0.1, -0.05) is 29.8 Å². The molecule has 0 atom stereocenters. The third-order valence-electron chi connectivity index (χ3n) is 3.17. The Morgan fingerprint density at radius 1 is 1.16 bits per heavy atom. The van der Waals surface area contributed by atoms with E-state index < -0.39 is 0 Å². The lowest BCUT2D eigenvalue weighted by molar-refractivity contribution is 0.695. The van der Waals surface area contributed by atoms with Crippen LogP contribution in [0.1, 0.15) is 10.4 Å². The number of thiophene rings is 1. The first kappa shape index (κ1) is 12.7. The van der Waals surface area contributed by atoms with E-state index in [9.17, 15) is 0 Å². The summed E-state index contributed by atoms with van der Waals surface area (Å²) in [4.78, 5) is 4.59. The van der Waals surface area contributed by atoms with Crippen molar-refractivity contribution in [2.45, 2.75) is 13.0 Å². The highest BCUT2D eigenvalue weighted by molar-refractivity contribution is 7.16. The third-order valence-corrected chi connectivity index (χ3v) is 4.41. The van der Waals surface area contributed by atoms with Crippen LogP contribution in [0.2, 0.25) is 4.34 Å². The zero-order valence-corrected chi connectivity index (χ0v) is 12.0. The molecule has 4 heteroatoms. The molecule has 3 rings (SSSR count). The molecule has 2 nitrogen and oxygen atoms in total. The summed E-state index contributed by atoms with van der Waals surface area (Å²) in [5.41, 5.74) is 2.58. The molecule has 0 aliphatic rings. The lowest BCUT2D eigenvalue weighted by atomic mass is 10.1. The number of fused-ring (bicyclic) bond motifs is 1. The predicted octanol–water partition coefficient (Wildman–Crippen LogP) is 4.22. The van der Waals surface area contributed by atoms with Gasteiger partial charge in [0.25, 0.3) is 0 Å². The van der Waals surface area contributed by atoms with E-state index in [1.54, 1.807) is 11.3 Å². The van der Waals surface area contributed by atoms with Gasteiger partial charge in [-0.25, -0.2) is 0 Å². The van der Waals surface area contributed by atoms with Crippen molar-refractivity contribution in [3.63, 3.8) is 0 Å². The quantitative estimate of drug-likeness (QED) is 0.677. The van der Waals surface area contributed by atoms with E-state index in [4.69, 9.17) is 11.6 Å². The zero-order valence-electron chi connectivity index (χ0n) is 10.4. The number of aromatic amines is 1. The second kappa shape index (κ2) is 5.78. The fraction of sp³-hybridized carbons (Fsp3) is 0.200. The van der Waals surface area contributed by atoms with Gasteiger partial charge in [-0.05, 0) is 36.7 Å². The molecule has 3 aromatic rings. The highest BCUT2D eigenvalue weighted by Gasteiger charge is 2.02. The van der Waals surface area contributed by atoms with Crippen molar-refractivity contribution < 1.29 is 0 Å². The van der Waals surface area contributed by atoms with Gasteiger partial charge in [0.15, 0.2) is 0 Å². The summed E-state index contributed by atoms with van der Waals surface area (Å²) in [7, 11) is 0. The Bertz CT molecular complexity index is 671. The van der Waals surface area contributed by atoms with Gasteiger partial charge in [0, 0.05) is 28.5 Å². The Labute approximate surface area is 121 Å². The number of H-pyrrole nitrogens is 1. The molecule has 0 saturated carbocycles. The van der Waals surface area contributed by atoms with Gasteiger partial charge in [-0.3, -0.25) is 0 Å².